The number of esters is 1. The van der Waals surface area contributed by atoms with Crippen molar-refractivity contribution in [3.8, 4) is 0 Å². The van der Waals surface area contributed by atoms with Gasteiger partial charge in [-0.25, -0.2) is 0 Å². The van der Waals surface area contributed by atoms with Gasteiger partial charge in [0, 0.05) is 30.3 Å². The smallest absolute Gasteiger partial charge is 0.542 e. The van der Waals surface area contributed by atoms with Gasteiger partial charge in [-0.3, -0.25) is 11.1 Å². The summed E-state index contributed by atoms with van der Waals surface area (Å²) in [6.45, 7) is 17.7. The van der Waals surface area contributed by atoms with Gasteiger partial charge in [-0.05, 0) is 72.9 Å². The topological polar surface area (TPSA) is 67.4 Å². The molecular weight excluding hydrogens is 650 g/mol. The average molecular weight is 703 g/mol. The van der Waals surface area contributed by atoms with E-state index in [1.54, 1.807) is 0 Å². The number of carbonyl (C=O) groups is 1. The molecular formula is C28H52N2O3U. The van der Waals surface area contributed by atoms with E-state index >= 15 is 0 Å². The van der Waals surface area contributed by atoms with Crippen molar-refractivity contribution in [2.24, 2.45) is 0 Å². The number of hydrogen-bond donors (Lipinski definition) is 2. The van der Waals surface area contributed by atoms with Crippen LogP contribution < -0.4 is 10.6 Å². The maximum Gasteiger partial charge on any atom is 2.00 e. The van der Waals surface area contributed by atoms with Crippen LogP contribution >= 0.6 is 0 Å². The van der Waals surface area contributed by atoms with Crippen molar-refractivity contribution in [3.63, 3.8) is 0 Å². The third-order valence-corrected chi connectivity index (χ3v) is 6.35. The number of hydrogen-bond acceptors (Lipinski definition) is 5. The molecule has 2 heterocycles. The first kappa shape index (κ1) is 34.1. The van der Waals surface area contributed by atoms with Crippen LogP contribution in [-0.4, -0.2) is 40.5 Å². The standard InChI is InChI=1S/C19H34NO3.C9H18N.U/c1-18(2)14-16(15-19(3,4)20-18)23-17(22)12-10-8-6-5-7-9-11-13-21;1-8(2)6-5-7-9(3,4)10-8;/h16,20H,5-12,14-15H2,1-4H3;5,10H,6-7H2,1-4H3;/q2*-1;+2. The first-order chi connectivity index (χ1) is 15.2. The molecule has 0 radical (unpaired) electrons. The Morgan fingerprint density at radius 3 is 1.68 bits per heavy atom. The molecule has 0 aliphatic carbocycles. The minimum atomic E-state index is -0.0564. The first-order valence-electron chi connectivity index (χ1n) is 13.1. The van der Waals surface area contributed by atoms with Gasteiger partial charge in [0.05, 0.1) is 0 Å². The molecule has 0 atom stereocenters. The predicted molar refractivity (Wildman–Crippen MR) is 138 cm³/mol. The van der Waals surface area contributed by atoms with Gasteiger partial charge in [-0.1, -0.05) is 32.1 Å². The summed E-state index contributed by atoms with van der Waals surface area (Å²) in [6, 6.07) is 0. The Labute approximate surface area is 234 Å². The largest absolute Gasteiger partial charge is 2.00 e. The Kier molecular flexibility index (Phi) is 15.4. The number of piperidine rings is 2. The summed E-state index contributed by atoms with van der Waals surface area (Å²) in [4.78, 5) is 22.1. The Hall–Kier alpha value is 0.112. The van der Waals surface area contributed by atoms with Crippen LogP contribution in [0, 0.1) is 37.5 Å². The van der Waals surface area contributed by atoms with Crippen molar-refractivity contribution in [1.29, 1.82) is 0 Å². The molecule has 5 nitrogen and oxygen atoms in total. The Bertz CT molecular complexity index is 572. The van der Waals surface area contributed by atoms with Crippen LogP contribution in [0.5, 0.6) is 0 Å². The predicted octanol–water partition coefficient (Wildman–Crippen LogP) is 6.20. The van der Waals surface area contributed by atoms with Gasteiger partial charge in [0.25, 0.3) is 0 Å². The summed E-state index contributed by atoms with van der Waals surface area (Å²) >= 11 is 0. The van der Waals surface area contributed by atoms with Crippen molar-refractivity contribution in [2.75, 3.05) is 0 Å². The molecule has 6 heteroatoms. The molecule has 0 amide bonds. The van der Waals surface area contributed by atoms with Crippen molar-refractivity contribution in [1.82, 2.24) is 10.6 Å². The molecule has 196 valence electrons. The van der Waals surface area contributed by atoms with E-state index in [9.17, 15) is 9.59 Å². The normalized spacial score (nSPS) is 22.5. The minimum Gasteiger partial charge on any atom is -0.542 e. The first-order valence-corrected chi connectivity index (χ1v) is 13.1. The molecule has 0 spiro atoms. The molecule has 2 aliphatic heterocycles. The van der Waals surface area contributed by atoms with Gasteiger partial charge < -0.3 is 26.6 Å². The van der Waals surface area contributed by atoms with Crippen molar-refractivity contribution < 1.29 is 45.4 Å². The second-order valence-corrected chi connectivity index (χ2v) is 12.8. The molecule has 0 aromatic rings. The molecule has 0 aromatic carbocycles. The van der Waals surface area contributed by atoms with Crippen LogP contribution in [0.2, 0.25) is 0 Å². The third-order valence-electron chi connectivity index (χ3n) is 6.35. The zero-order valence-electron chi connectivity index (χ0n) is 23.4. The van der Waals surface area contributed by atoms with Crippen LogP contribution in [0.1, 0.15) is 132 Å². The van der Waals surface area contributed by atoms with Crippen LogP contribution in [0.25, 0.3) is 0 Å². The molecule has 2 saturated heterocycles. The van der Waals surface area contributed by atoms with Crippen molar-refractivity contribution >= 4 is 12.3 Å². The summed E-state index contributed by atoms with van der Waals surface area (Å²) in [6.07, 6.45) is 15.8. The van der Waals surface area contributed by atoms with Crippen LogP contribution in [0.3, 0.4) is 0 Å². The molecule has 2 N–H and O–H groups in total. The van der Waals surface area contributed by atoms with E-state index in [4.69, 9.17) is 4.74 Å². The SMILES string of the molecule is CC1(C)CC(OC(=O)CCCCCCCC[C-]=O)CC(C)(C)N1.CC1(C)C[CH-]CC(C)(C)N1.[U+2]. The fourth-order valence-corrected chi connectivity index (χ4v) is 5.54. The zero-order valence-corrected chi connectivity index (χ0v) is 27.5. The maximum absolute atomic E-state index is 12.0. The molecule has 2 fully saturated rings. The number of carbonyl (C=O) groups excluding carboxylic acids is 2. The number of unbranched alkanes of at least 4 members (excludes halogenated alkanes) is 6. The van der Waals surface area contributed by atoms with E-state index in [0.717, 1.165) is 51.4 Å². The van der Waals surface area contributed by atoms with E-state index in [0.29, 0.717) is 23.9 Å². The molecule has 2 rings (SSSR count). The van der Waals surface area contributed by atoms with Gasteiger partial charge in [-0.2, -0.15) is 19.3 Å². The zero-order chi connectivity index (χ0) is 25.2. The van der Waals surface area contributed by atoms with Gasteiger partial charge in [0.15, 0.2) is 0 Å². The van der Waals surface area contributed by atoms with E-state index in [1.165, 1.54) is 12.8 Å². The number of rotatable bonds is 10. The Morgan fingerprint density at radius 2 is 1.24 bits per heavy atom. The summed E-state index contributed by atoms with van der Waals surface area (Å²) in [5.74, 6) is -0.0564. The molecule has 0 saturated carbocycles. The second kappa shape index (κ2) is 15.4. The van der Waals surface area contributed by atoms with Gasteiger partial charge >= 0.3 is 37.1 Å². The third kappa shape index (κ3) is 16.0. The average Bonchev–Trinajstić information content (AvgIpc) is 2.59. The maximum atomic E-state index is 12.0. The van der Waals surface area contributed by atoms with E-state index in [-0.39, 0.29) is 54.3 Å². The van der Waals surface area contributed by atoms with Gasteiger partial charge in [0.1, 0.15) is 6.10 Å². The Morgan fingerprint density at radius 1 is 0.794 bits per heavy atom. The number of ether oxygens (including phenoxy) is 1. The summed E-state index contributed by atoms with van der Waals surface area (Å²) in [5, 5.41) is 7.20. The molecule has 2 aliphatic rings. The molecule has 34 heavy (non-hydrogen) atoms. The van der Waals surface area contributed by atoms with E-state index in [1.807, 2.05) is 6.29 Å². The summed E-state index contributed by atoms with van der Waals surface area (Å²) in [7, 11) is 0. The van der Waals surface area contributed by atoms with Crippen LogP contribution in [-0.2, 0) is 14.3 Å². The molecule has 0 bridgehead atoms. The van der Waals surface area contributed by atoms with Crippen LogP contribution in [0.15, 0.2) is 0 Å². The van der Waals surface area contributed by atoms with E-state index in [2.05, 4.69) is 72.4 Å². The monoisotopic (exact) mass is 702 g/mol. The minimum absolute atomic E-state index is 0. The molecule has 0 aromatic heterocycles. The second-order valence-electron chi connectivity index (χ2n) is 12.8. The number of nitrogens with one attached hydrogen (secondary N) is 2. The quantitative estimate of drug-likeness (QED) is 0.161. The molecule has 0 unspecified atom stereocenters. The van der Waals surface area contributed by atoms with Crippen LogP contribution in [0.4, 0.5) is 0 Å². The van der Waals surface area contributed by atoms with Gasteiger partial charge in [0.2, 0.25) is 0 Å². The van der Waals surface area contributed by atoms with Gasteiger partial charge in [-0.15, -0.1) is 0 Å². The fourth-order valence-electron chi connectivity index (χ4n) is 5.54. The fraction of sp³-hybridized carbons (Fsp3) is 0.893. The van der Waals surface area contributed by atoms with Crippen molar-refractivity contribution in [3.05, 3.63) is 6.42 Å². The Balaban J connectivity index is 0.000000827. The van der Waals surface area contributed by atoms with Crippen molar-refractivity contribution in [2.45, 2.75) is 161 Å². The van der Waals surface area contributed by atoms with E-state index < -0.39 is 0 Å². The summed E-state index contributed by atoms with van der Waals surface area (Å²) in [5.41, 5.74) is 0.626. The summed E-state index contributed by atoms with van der Waals surface area (Å²) < 4.78 is 5.70.